The van der Waals surface area contributed by atoms with E-state index in [9.17, 15) is 13.2 Å². The minimum atomic E-state index is -3.14. The van der Waals surface area contributed by atoms with E-state index in [2.05, 4.69) is 0 Å². The highest BCUT2D eigenvalue weighted by Gasteiger charge is 2.36. The number of nitrogens with zero attached hydrogens (tertiary/aromatic N) is 1. The molecule has 1 aliphatic heterocycles. The average molecular weight is 432 g/mol. The number of benzene rings is 2. The third-order valence-corrected chi connectivity index (χ3v) is 7.46. The van der Waals surface area contributed by atoms with Crippen molar-refractivity contribution in [1.82, 2.24) is 4.90 Å². The highest BCUT2D eigenvalue weighted by atomic mass is 35.5. The van der Waals surface area contributed by atoms with Crippen LogP contribution in [0, 0.1) is 13.8 Å². The van der Waals surface area contributed by atoms with Crippen molar-refractivity contribution in [2.24, 2.45) is 0 Å². The zero-order valence-electron chi connectivity index (χ0n) is 16.3. The van der Waals surface area contributed by atoms with Crippen LogP contribution < -0.4 is 0 Å². The predicted octanol–water partition coefficient (Wildman–Crippen LogP) is 4.53. The molecule has 1 aromatic heterocycles. The third kappa shape index (κ3) is 4.05. The molecule has 1 fully saturated rings. The Labute approximate surface area is 175 Å². The van der Waals surface area contributed by atoms with Gasteiger partial charge < -0.3 is 9.32 Å². The largest absolute Gasteiger partial charge is 0.451 e. The summed E-state index contributed by atoms with van der Waals surface area (Å²) in [5.74, 6) is 0.0581. The summed E-state index contributed by atoms with van der Waals surface area (Å²) in [5.41, 5.74) is 3.40. The molecule has 0 saturated carbocycles. The topological polar surface area (TPSA) is 67.6 Å². The fourth-order valence-corrected chi connectivity index (χ4v) is 5.70. The first-order chi connectivity index (χ1) is 13.7. The number of hydrogen-bond acceptors (Lipinski definition) is 4. The molecule has 152 valence electrons. The molecule has 1 atom stereocenters. The predicted molar refractivity (Wildman–Crippen MR) is 114 cm³/mol. The van der Waals surface area contributed by atoms with E-state index in [0.717, 1.165) is 22.1 Å². The smallest absolute Gasteiger partial charge is 0.290 e. The molecule has 2 heterocycles. The molecular weight excluding hydrogens is 410 g/mol. The summed E-state index contributed by atoms with van der Waals surface area (Å²) in [6.07, 6.45) is 0.431. The summed E-state index contributed by atoms with van der Waals surface area (Å²) in [4.78, 5) is 15.1. The third-order valence-electron chi connectivity index (χ3n) is 5.46. The molecule has 2 aromatic carbocycles. The van der Waals surface area contributed by atoms with Gasteiger partial charge in [0.05, 0.1) is 11.5 Å². The average Bonchev–Trinajstić information content (AvgIpc) is 3.20. The van der Waals surface area contributed by atoms with Crippen LogP contribution in [0.25, 0.3) is 11.0 Å². The number of amides is 1. The Hall–Kier alpha value is -2.31. The molecule has 4 rings (SSSR count). The number of carbonyl (C=O) groups is 1. The number of carbonyl (C=O) groups excluding carboxylic acids is 1. The number of sulfone groups is 1. The lowest BCUT2D eigenvalue weighted by Gasteiger charge is -2.28. The number of fused-ring (bicyclic) bond motifs is 1. The Morgan fingerprint density at radius 1 is 1.17 bits per heavy atom. The maximum Gasteiger partial charge on any atom is 0.290 e. The Balaban J connectivity index is 1.73. The molecule has 0 radical (unpaired) electrons. The fourth-order valence-electron chi connectivity index (χ4n) is 3.84. The Morgan fingerprint density at radius 2 is 1.90 bits per heavy atom. The fraction of sp³-hybridized carbons (Fsp3) is 0.318. The number of rotatable bonds is 4. The monoisotopic (exact) mass is 431 g/mol. The summed E-state index contributed by atoms with van der Waals surface area (Å²) in [6.45, 7) is 4.15. The first-order valence-corrected chi connectivity index (χ1v) is 11.7. The van der Waals surface area contributed by atoms with Gasteiger partial charge in [-0.2, -0.15) is 0 Å². The van der Waals surface area contributed by atoms with Gasteiger partial charge in [0.25, 0.3) is 5.91 Å². The van der Waals surface area contributed by atoms with Gasteiger partial charge in [-0.3, -0.25) is 4.79 Å². The highest BCUT2D eigenvalue weighted by molar-refractivity contribution is 7.91. The van der Waals surface area contributed by atoms with Crippen LogP contribution in [0.2, 0.25) is 5.02 Å². The summed E-state index contributed by atoms with van der Waals surface area (Å²) in [5, 5.41) is 1.51. The second-order valence-electron chi connectivity index (χ2n) is 7.67. The molecule has 7 heteroatoms. The molecule has 0 N–H and O–H groups in total. The van der Waals surface area contributed by atoms with E-state index >= 15 is 0 Å². The second-order valence-corrected chi connectivity index (χ2v) is 10.3. The van der Waals surface area contributed by atoms with Crippen LogP contribution in [-0.2, 0) is 16.4 Å². The van der Waals surface area contributed by atoms with Gasteiger partial charge in [-0.1, -0.05) is 35.4 Å². The van der Waals surface area contributed by atoms with Crippen molar-refractivity contribution < 1.29 is 17.6 Å². The van der Waals surface area contributed by atoms with Gasteiger partial charge in [-0.25, -0.2) is 8.42 Å². The first kappa shape index (κ1) is 20.0. The normalized spacial score (nSPS) is 18.2. The summed E-state index contributed by atoms with van der Waals surface area (Å²) < 4.78 is 30.0. The van der Waals surface area contributed by atoms with Crippen LogP contribution >= 0.6 is 11.6 Å². The van der Waals surface area contributed by atoms with E-state index in [1.54, 1.807) is 17.0 Å². The van der Waals surface area contributed by atoms with Gasteiger partial charge in [-0.15, -0.1) is 0 Å². The Kier molecular flexibility index (Phi) is 5.17. The van der Waals surface area contributed by atoms with Crippen LogP contribution in [0.1, 0.15) is 33.7 Å². The van der Waals surface area contributed by atoms with Crippen molar-refractivity contribution in [2.75, 3.05) is 11.5 Å². The van der Waals surface area contributed by atoms with Gasteiger partial charge in [0.1, 0.15) is 5.58 Å². The van der Waals surface area contributed by atoms with Crippen molar-refractivity contribution in [2.45, 2.75) is 32.9 Å². The van der Waals surface area contributed by atoms with Crippen LogP contribution in [0.3, 0.4) is 0 Å². The molecule has 0 bridgehead atoms. The maximum atomic E-state index is 13.5. The first-order valence-electron chi connectivity index (χ1n) is 9.49. The van der Waals surface area contributed by atoms with Gasteiger partial charge in [0, 0.05) is 28.6 Å². The zero-order valence-corrected chi connectivity index (χ0v) is 17.9. The van der Waals surface area contributed by atoms with E-state index in [-0.39, 0.29) is 29.2 Å². The molecule has 29 heavy (non-hydrogen) atoms. The van der Waals surface area contributed by atoms with Crippen LogP contribution in [-0.4, -0.2) is 36.8 Å². The van der Waals surface area contributed by atoms with Crippen molar-refractivity contribution in [3.05, 3.63) is 69.9 Å². The van der Waals surface area contributed by atoms with Crippen LogP contribution in [0.5, 0.6) is 0 Å². The summed E-state index contributed by atoms with van der Waals surface area (Å²) in [6, 6.07) is 12.6. The standard InChI is InChI=1S/C22H22ClNO4S/c1-14-3-8-20-19(11-14)15(2)21(28-20)22(25)24(18-9-10-29(26,27)13-18)12-16-4-6-17(23)7-5-16/h3-8,11,18H,9-10,12-13H2,1-2H3/t18-/m1/s1. The molecular formula is C22H22ClNO4S. The molecule has 1 saturated heterocycles. The number of hydrogen-bond donors (Lipinski definition) is 0. The van der Waals surface area contributed by atoms with E-state index < -0.39 is 9.84 Å². The quantitative estimate of drug-likeness (QED) is 0.608. The van der Waals surface area contributed by atoms with Crippen LogP contribution in [0.15, 0.2) is 46.9 Å². The van der Waals surface area contributed by atoms with Crippen LogP contribution in [0.4, 0.5) is 0 Å². The lowest BCUT2D eigenvalue weighted by molar-refractivity contribution is 0.0649. The minimum absolute atomic E-state index is 0.0231. The number of halogens is 1. The molecule has 1 amide bonds. The second kappa shape index (κ2) is 7.50. The van der Waals surface area contributed by atoms with E-state index in [1.165, 1.54) is 0 Å². The molecule has 0 aliphatic carbocycles. The minimum Gasteiger partial charge on any atom is -0.451 e. The Morgan fingerprint density at radius 3 is 2.55 bits per heavy atom. The highest BCUT2D eigenvalue weighted by Crippen LogP contribution is 2.30. The zero-order chi connectivity index (χ0) is 20.8. The molecule has 0 spiro atoms. The van der Waals surface area contributed by atoms with Gasteiger partial charge >= 0.3 is 0 Å². The lowest BCUT2D eigenvalue weighted by atomic mass is 10.1. The summed E-state index contributed by atoms with van der Waals surface area (Å²) >= 11 is 5.97. The van der Waals surface area contributed by atoms with E-state index in [4.69, 9.17) is 16.0 Å². The molecule has 5 nitrogen and oxygen atoms in total. The molecule has 3 aromatic rings. The Bertz CT molecular complexity index is 1180. The van der Waals surface area contributed by atoms with Crippen molar-refractivity contribution in [1.29, 1.82) is 0 Å². The number of aryl methyl sites for hydroxylation is 2. The van der Waals surface area contributed by atoms with E-state index in [1.807, 2.05) is 44.2 Å². The summed E-state index contributed by atoms with van der Waals surface area (Å²) in [7, 11) is -3.14. The van der Waals surface area contributed by atoms with Crippen molar-refractivity contribution in [3.8, 4) is 0 Å². The lowest BCUT2D eigenvalue weighted by Crippen LogP contribution is -2.40. The van der Waals surface area contributed by atoms with Gasteiger partial charge in [-0.05, 0) is 50.1 Å². The van der Waals surface area contributed by atoms with Gasteiger partial charge in [0.2, 0.25) is 0 Å². The number of furan rings is 1. The van der Waals surface area contributed by atoms with Crippen molar-refractivity contribution >= 4 is 38.3 Å². The molecule has 0 unspecified atom stereocenters. The van der Waals surface area contributed by atoms with Gasteiger partial charge in [0.15, 0.2) is 15.6 Å². The molecule has 1 aliphatic rings. The maximum absolute atomic E-state index is 13.5. The van der Waals surface area contributed by atoms with Crippen molar-refractivity contribution in [3.63, 3.8) is 0 Å². The van der Waals surface area contributed by atoms with E-state index in [0.29, 0.717) is 23.6 Å². The SMILES string of the molecule is Cc1ccc2oc(C(=O)N(Cc3ccc(Cl)cc3)[C@@H]3CCS(=O)(=O)C3)c(C)c2c1.